The van der Waals surface area contributed by atoms with Crippen LogP contribution in [0.3, 0.4) is 0 Å². The summed E-state index contributed by atoms with van der Waals surface area (Å²) in [7, 11) is 0. The summed E-state index contributed by atoms with van der Waals surface area (Å²) in [6.45, 7) is 2.99. The molecule has 0 saturated carbocycles. The highest BCUT2D eigenvalue weighted by Gasteiger charge is 2.03. The number of rotatable bonds is 12. The Kier molecular flexibility index (Phi) is 8.71. The zero-order valence-electron chi connectivity index (χ0n) is 18.0. The van der Waals surface area contributed by atoms with E-state index < -0.39 is 0 Å². The lowest BCUT2D eigenvalue weighted by Gasteiger charge is -2.07. The maximum atomic E-state index is 12.6. The third-order valence-corrected chi connectivity index (χ3v) is 5.34. The fourth-order valence-electron chi connectivity index (χ4n) is 3.57. The molecule has 2 nitrogen and oxygen atoms in total. The smallest absolute Gasteiger partial charge is 0.185 e. The quantitative estimate of drug-likeness (QED) is 0.176. The molecule has 0 aliphatic carbocycles. The summed E-state index contributed by atoms with van der Waals surface area (Å²) in [4.78, 5) is 12.6. The highest BCUT2D eigenvalue weighted by atomic mass is 16.5. The number of unbranched alkanes of at least 4 members (excludes halogenated alkanes) is 6. The summed E-state index contributed by atoms with van der Waals surface area (Å²) in [5.41, 5.74) is 1.68. The molecule has 0 saturated heterocycles. The van der Waals surface area contributed by atoms with Gasteiger partial charge in [0.1, 0.15) is 5.75 Å². The van der Waals surface area contributed by atoms with Gasteiger partial charge in [-0.3, -0.25) is 4.79 Å². The van der Waals surface area contributed by atoms with E-state index in [1.807, 2.05) is 66.7 Å². The number of hydrogen-bond acceptors (Lipinski definition) is 2. The number of ether oxygens (including phenoxy) is 1. The van der Waals surface area contributed by atoms with Crippen LogP contribution in [-0.2, 0) is 0 Å². The molecule has 0 amide bonds. The van der Waals surface area contributed by atoms with Gasteiger partial charge in [-0.15, -0.1) is 0 Å². The van der Waals surface area contributed by atoms with Crippen LogP contribution in [-0.4, -0.2) is 12.4 Å². The van der Waals surface area contributed by atoms with Crippen LogP contribution in [0.15, 0.2) is 72.8 Å². The Hall–Kier alpha value is -2.87. The average Bonchev–Trinajstić information content (AvgIpc) is 2.79. The molecule has 0 radical (unpaired) electrons. The van der Waals surface area contributed by atoms with E-state index in [4.69, 9.17) is 4.74 Å². The third-order valence-electron chi connectivity index (χ3n) is 5.34. The van der Waals surface area contributed by atoms with Crippen LogP contribution >= 0.6 is 0 Å². The molecule has 0 spiro atoms. The molecule has 30 heavy (non-hydrogen) atoms. The summed E-state index contributed by atoms with van der Waals surface area (Å²) in [5.74, 6) is 0.872. The Labute approximate surface area is 180 Å². The monoisotopic (exact) mass is 400 g/mol. The van der Waals surface area contributed by atoms with Gasteiger partial charge >= 0.3 is 0 Å². The minimum absolute atomic E-state index is 0.00940. The van der Waals surface area contributed by atoms with Crippen LogP contribution in [0.4, 0.5) is 0 Å². The molecule has 0 aliphatic rings. The molecule has 0 atom stereocenters. The second-order valence-electron chi connectivity index (χ2n) is 7.80. The van der Waals surface area contributed by atoms with E-state index in [1.54, 1.807) is 6.08 Å². The first-order chi connectivity index (χ1) is 14.8. The van der Waals surface area contributed by atoms with Gasteiger partial charge in [0.05, 0.1) is 6.61 Å². The summed E-state index contributed by atoms with van der Waals surface area (Å²) >= 11 is 0. The van der Waals surface area contributed by atoms with E-state index in [0.29, 0.717) is 5.56 Å². The van der Waals surface area contributed by atoms with Gasteiger partial charge in [-0.05, 0) is 47.0 Å². The predicted octanol–water partition coefficient (Wildman–Crippen LogP) is 7.87. The Balaban J connectivity index is 1.49. The summed E-state index contributed by atoms with van der Waals surface area (Å²) in [5, 5.41) is 2.22. The number of hydrogen-bond donors (Lipinski definition) is 0. The molecule has 0 bridgehead atoms. The topological polar surface area (TPSA) is 26.3 Å². The van der Waals surface area contributed by atoms with Crippen LogP contribution in [0.5, 0.6) is 5.75 Å². The number of benzene rings is 3. The maximum absolute atomic E-state index is 12.6. The standard InChI is InChI=1S/C28H32O2/c1-2-3-4-5-6-7-10-20-30-27-15-11-12-23(21-27)16-19-28(29)26-18-17-24-13-8-9-14-25(24)22-26/h8-9,11-19,21-22H,2-7,10,20H2,1H3. The average molecular weight is 401 g/mol. The fourth-order valence-corrected chi connectivity index (χ4v) is 3.57. The van der Waals surface area contributed by atoms with Gasteiger partial charge in [-0.25, -0.2) is 0 Å². The SMILES string of the molecule is CCCCCCCCCOc1cccc(C=CC(=O)c2ccc3ccccc3c2)c1. The van der Waals surface area contributed by atoms with Crippen molar-refractivity contribution in [3.05, 3.63) is 83.9 Å². The molecule has 3 rings (SSSR count). The molecule has 0 heterocycles. The van der Waals surface area contributed by atoms with Crippen LogP contribution in [0, 0.1) is 0 Å². The van der Waals surface area contributed by atoms with Gasteiger partial charge in [-0.1, -0.05) is 100 Å². The molecule has 0 aromatic heterocycles. The zero-order valence-corrected chi connectivity index (χ0v) is 18.0. The largest absolute Gasteiger partial charge is 0.494 e. The van der Waals surface area contributed by atoms with Crippen LogP contribution < -0.4 is 4.74 Å². The number of carbonyl (C=O) groups is 1. The van der Waals surface area contributed by atoms with E-state index in [1.165, 1.54) is 38.5 Å². The Morgan fingerprint density at radius 3 is 2.40 bits per heavy atom. The van der Waals surface area contributed by atoms with Gasteiger partial charge in [0, 0.05) is 5.56 Å². The lowest BCUT2D eigenvalue weighted by atomic mass is 10.0. The van der Waals surface area contributed by atoms with Crippen molar-refractivity contribution in [3.63, 3.8) is 0 Å². The number of ketones is 1. The minimum atomic E-state index is 0.00940. The number of fused-ring (bicyclic) bond motifs is 1. The molecule has 0 unspecified atom stereocenters. The second kappa shape index (κ2) is 12.0. The fraction of sp³-hybridized carbons (Fsp3) is 0.321. The van der Waals surface area contributed by atoms with E-state index in [2.05, 4.69) is 13.0 Å². The highest BCUT2D eigenvalue weighted by Crippen LogP contribution is 2.18. The molecule has 3 aromatic rings. The van der Waals surface area contributed by atoms with Crippen LogP contribution in [0.25, 0.3) is 16.8 Å². The van der Waals surface area contributed by atoms with Crippen molar-refractivity contribution in [2.45, 2.75) is 51.9 Å². The number of carbonyl (C=O) groups excluding carboxylic acids is 1. The molecular weight excluding hydrogens is 368 g/mol. The van der Waals surface area contributed by atoms with E-state index in [0.717, 1.165) is 35.1 Å². The first-order valence-corrected chi connectivity index (χ1v) is 11.2. The predicted molar refractivity (Wildman–Crippen MR) is 127 cm³/mol. The van der Waals surface area contributed by atoms with Crippen LogP contribution in [0.1, 0.15) is 67.8 Å². The normalized spacial score (nSPS) is 11.2. The Bertz CT molecular complexity index is 971. The first kappa shape index (κ1) is 21.8. The second-order valence-corrected chi connectivity index (χ2v) is 7.80. The van der Waals surface area contributed by atoms with Gasteiger partial charge in [0.15, 0.2) is 5.78 Å². The van der Waals surface area contributed by atoms with Crippen molar-refractivity contribution in [1.82, 2.24) is 0 Å². The van der Waals surface area contributed by atoms with Gasteiger partial charge in [0.2, 0.25) is 0 Å². The Morgan fingerprint density at radius 1 is 0.800 bits per heavy atom. The Morgan fingerprint density at radius 2 is 1.57 bits per heavy atom. The molecule has 0 N–H and O–H groups in total. The molecule has 156 valence electrons. The molecular formula is C28H32O2. The van der Waals surface area contributed by atoms with E-state index in [9.17, 15) is 4.79 Å². The lowest BCUT2D eigenvalue weighted by molar-refractivity contribution is 0.104. The zero-order chi connectivity index (χ0) is 21.0. The third kappa shape index (κ3) is 6.88. The van der Waals surface area contributed by atoms with Gasteiger partial charge in [-0.2, -0.15) is 0 Å². The first-order valence-electron chi connectivity index (χ1n) is 11.2. The van der Waals surface area contributed by atoms with E-state index in [-0.39, 0.29) is 5.78 Å². The summed E-state index contributed by atoms with van der Waals surface area (Å²) in [6, 6.07) is 21.8. The van der Waals surface area contributed by atoms with Crippen molar-refractivity contribution in [2.75, 3.05) is 6.61 Å². The molecule has 3 aromatic carbocycles. The van der Waals surface area contributed by atoms with Gasteiger partial charge < -0.3 is 4.74 Å². The van der Waals surface area contributed by atoms with Crippen molar-refractivity contribution in [3.8, 4) is 5.75 Å². The molecule has 0 aliphatic heterocycles. The molecule has 0 fully saturated rings. The summed E-state index contributed by atoms with van der Waals surface area (Å²) < 4.78 is 5.90. The maximum Gasteiger partial charge on any atom is 0.185 e. The number of allylic oxidation sites excluding steroid dienone is 1. The van der Waals surface area contributed by atoms with Crippen molar-refractivity contribution in [1.29, 1.82) is 0 Å². The van der Waals surface area contributed by atoms with Crippen LogP contribution in [0.2, 0.25) is 0 Å². The van der Waals surface area contributed by atoms with Gasteiger partial charge in [0.25, 0.3) is 0 Å². The van der Waals surface area contributed by atoms with Crippen molar-refractivity contribution in [2.24, 2.45) is 0 Å². The summed E-state index contributed by atoms with van der Waals surface area (Å²) in [6.07, 6.45) is 12.4. The minimum Gasteiger partial charge on any atom is -0.494 e. The molecule has 2 heteroatoms. The van der Waals surface area contributed by atoms with Crippen molar-refractivity contribution < 1.29 is 9.53 Å². The lowest BCUT2D eigenvalue weighted by Crippen LogP contribution is -1.97. The van der Waals surface area contributed by atoms with E-state index >= 15 is 0 Å². The highest BCUT2D eigenvalue weighted by molar-refractivity contribution is 6.08. The van der Waals surface area contributed by atoms with Crippen molar-refractivity contribution >= 4 is 22.6 Å².